The van der Waals surface area contributed by atoms with Gasteiger partial charge in [-0.3, -0.25) is 4.79 Å². The van der Waals surface area contributed by atoms with Gasteiger partial charge in [-0.15, -0.1) is 0 Å². The maximum absolute atomic E-state index is 11.3. The lowest BCUT2D eigenvalue weighted by Crippen LogP contribution is -2.06. The van der Waals surface area contributed by atoms with Gasteiger partial charge in [0.15, 0.2) is 18.1 Å². The van der Waals surface area contributed by atoms with E-state index >= 15 is 0 Å². The molecular formula is C13H15NO4. The summed E-state index contributed by atoms with van der Waals surface area (Å²) in [5.41, 5.74) is 0.866. The molecule has 0 radical (unpaired) electrons. The van der Waals surface area contributed by atoms with Gasteiger partial charge < -0.3 is 14.2 Å². The molecule has 0 aliphatic carbocycles. The smallest absolute Gasteiger partial charge is 0.307 e. The number of para-hydroxylation sites is 1. The third-order valence-electron chi connectivity index (χ3n) is 2.38. The van der Waals surface area contributed by atoms with Crippen molar-refractivity contribution in [2.45, 2.75) is 12.8 Å². The van der Waals surface area contributed by atoms with Crippen LogP contribution in [-0.2, 0) is 16.0 Å². The third-order valence-corrected chi connectivity index (χ3v) is 2.38. The Labute approximate surface area is 106 Å². The van der Waals surface area contributed by atoms with E-state index in [0.717, 1.165) is 5.56 Å². The van der Waals surface area contributed by atoms with E-state index in [4.69, 9.17) is 14.7 Å². The zero-order chi connectivity index (χ0) is 13.4. The summed E-state index contributed by atoms with van der Waals surface area (Å²) >= 11 is 0. The Bertz CT molecular complexity index is 451. The number of esters is 1. The lowest BCUT2D eigenvalue weighted by Gasteiger charge is -2.11. The second-order valence-corrected chi connectivity index (χ2v) is 3.47. The standard InChI is InChI=1S/C13H15NO4/c1-16-11-5-3-4-10(13(11)17-2)6-7-12(15)18-9-8-14/h3-5H,6-7,9H2,1-2H3. The molecule has 0 saturated heterocycles. The lowest BCUT2D eigenvalue weighted by molar-refractivity contribution is -0.142. The lowest BCUT2D eigenvalue weighted by atomic mass is 10.1. The number of benzene rings is 1. The third kappa shape index (κ3) is 3.67. The van der Waals surface area contributed by atoms with Gasteiger partial charge >= 0.3 is 5.97 Å². The van der Waals surface area contributed by atoms with Crippen molar-refractivity contribution in [1.82, 2.24) is 0 Å². The fraction of sp³-hybridized carbons (Fsp3) is 0.385. The monoisotopic (exact) mass is 249 g/mol. The first kappa shape index (κ1) is 13.8. The number of nitriles is 1. The van der Waals surface area contributed by atoms with Crippen LogP contribution in [-0.4, -0.2) is 26.8 Å². The number of methoxy groups -OCH3 is 2. The minimum atomic E-state index is -0.401. The van der Waals surface area contributed by atoms with Crippen LogP contribution >= 0.6 is 0 Å². The van der Waals surface area contributed by atoms with Gasteiger partial charge in [-0.25, -0.2) is 0 Å². The summed E-state index contributed by atoms with van der Waals surface area (Å²) in [6.45, 7) is -0.214. The number of carbonyl (C=O) groups is 1. The van der Waals surface area contributed by atoms with E-state index in [1.165, 1.54) is 0 Å². The van der Waals surface area contributed by atoms with Crippen LogP contribution in [0.1, 0.15) is 12.0 Å². The molecule has 0 saturated carbocycles. The van der Waals surface area contributed by atoms with Crippen LogP contribution in [0.3, 0.4) is 0 Å². The van der Waals surface area contributed by atoms with E-state index in [0.29, 0.717) is 17.9 Å². The molecule has 1 aromatic rings. The fourth-order valence-electron chi connectivity index (χ4n) is 1.57. The summed E-state index contributed by atoms with van der Waals surface area (Å²) in [7, 11) is 3.11. The Kier molecular flexibility index (Phi) is 5.52. The average molecular weight is 249 g/mol. The van der Waals surface area contributed by atoms with E-state index in [2.05, 4.69) is 4.74 Å². The SMILES string of the molecule is COc1cccc(CCC(=O)OCC#N)c1OC. The van der Waals surface area contributed by atoms with Gasteiger partial charge in [0, 0.05) is 6.42 Å². The Morgan fingerprint density at radius 2 is 2.11 bits per heavy atom. The first-order chi connectivity index (χ1) is 8.72. The van der Waals surface area contributed by atoms with Gasteiger partial charge in [-0.05, 0) is 18.1 Å². The fourth-order valence-corrected chi connectivity index (χ4v) is 1.57. The van der Waals surface area contributed by atoms with Gasteiger partial charge in [0.2, 0.25) is 0 Å². The minimum Gasteiger partial charge on any atom is -0.493 e. The molecule has 0 aliphatic rings. The summed E-state index contributed by atoms with van der Waals surface area (Å²) in [5.74, 6) is 0.842. The molecular weight excluding hydrogens is 234 g/mol. The van der Waals surface area contributed by atoms with Gasteiger partial charge in [-0.1, -0.05) is 12.1 Å². The predicted octanol–water partition coefficient (Wildman–Crippen LogP) is 1.70. The zero-order valence-corrected chi connectivity index (χ0v) is 10.4. The molecule has 0 unspecified atom stereocenters. The number of aryl methyl sites for hydroxylation is 1. The molecule has 0 spiro atoms. The zero-order valence-electron chi connectivity index (χ0n) is 10.4. The first-order valence-corrected chi connectivity index (χ1v) is 5.45. The molecule has 0 amide bonds. The maximum atomic E-state index is 11.3. The first-order valence-electron chi connectivity index (χ1n) is 5.45. The van der Waals surface area contributed by atoms with E-state index in [1.807, 2.05) is 12.1 Å². The van der Waals surface area contributed by atoms with Crippen LogP contribution < -0.4 is 9.47 Å². The van der Waals surface area contributed by atoms with Gasteiger partial charge in [0.25, 0.3) is 0 Å². The Hall–Kier alpha value is -2.22. The second kappa shape index (κ2) is 7.17. The Morgan fingerprint density at radius 3 is 2.72 bits per heavy atom. The number of hydrogen-bond acceptors (Lipinski definition) is 5. The number of carbonyl (C=O) groups excluding carboxylic acids is 1. The molecule has 1 aromatic carbocycles. The number of rotatable bonds is 6. The number of hydrogen-bond donors (Lipinski definition) is 0. The highest BCUT2D eigenvalue weighted by Crippen LogP contribution is 2.31. The normalized spacial score (nSPS) is 9.39. The molecule has 18 heavy (non-hydrogen) atoms. The highest BCUT2D eigenvalue weighted by atomic mass is 16.5. The summed E-state index contributed by atoms with van der Waals surface area (Å²) < 4.78 is 15.1. The maximum Gasteiger partial charge on any atom is 0.307 e. The topological polar surface area (TPSA) is 68.5 Å². The van der Waals surface area contributed by atoms with Crippen molar-refractivity contribution in [2.75, 3.05) is 20.8 Å². The molecule has 96 valence electrons. The minimum absolute atomic E-state index is 0.200. The summed E-state index contributed by atoms with van der Waals surface area (Å²) in [4.78, 5) is 11.3. The molecule has 0 bridgehead atoms. The van der Waals surface area contributed by atoms with E-state index in [9.17, 15) is 4.79 Å². The average Bonchev–Trinajstić information content (AvgIpc) is 2.41. The van der Waals surface area contributed by atoms with Crippen molar-refractivity contribution in [3.05, 3.63) is 23.8 Å². The van der Waals surface area contributed by atoms with Crippen LogP contribution in [0.2, 0.25) is 0 Å². The number of ether oxygens (including phenoxy) is 3. The van der Waals surface area contributed by atoms with Crippen molar-refractivity contribution in [3.63, 3.8) is 0 Å². The van der Waals surface area contributed by atoms with Crippen LogP contribution in [0.15, 0.2) is 18.2 Å². The molecule has 5 heteroatoms. The molecule has 0 aromatic heterocycles. The van der Waals surface area contributed by atoms with Gasteiger partial charge in [0.05, 0.1) is 14.2 Å². The van der Waals surface area contributed by atoms with Crippen molar-refractivity contribution in [3.8, 4) is 17.6 Å². The highest BCUT2D eigenvalue weighted by Gasteiger charge is 2.11. The Morgan fingerprint density at radius 1 is 1.33 bits per heavy atom. The molecule has 0 atom stereocenters. The van der Waals surface area contributed by atoms with Crippen LogP contribution in [0.4, 0.5) is 0 Å². The molecule has 0 fully saturated rings. The van der Waals surface area contributed by atoms with Crippen molar-refractivity contribution in [2.24, 2.45) is 0 Å². The Balaban J connectivity index is 2.67. The molecule has 1 rings (SSSR count). The predicted molar refractivity (Wildman–Crippen MR) is 64.4 cm³/mol. The van der Waals surface area contributed by atoms with Crippen molar-refractivity contribution >= 4 is 5.97 Å². The van der Waals surface area contributed by atoms with Crippen LogP contribution in [0.25, 0.3) is 0 Å². The summed E-state index contributed by atoms with van der Waals surface area (Å²) in [6.07, 6.45) is 0.676. The van der Waals surface area contributed by atoms with Crippen molar-refractivity contribution < 1.29 is 19.0 Å². The van der Waals surface area contributed by atoms with Crippen LogP contribution in [0.5, 0.6) is 11.5 Å². The molecule has 0 aliphatic heterocycles. The van der Waals surface area contributed by atoms with E-state index < -0.39 is 5.97 Å². The largest absolute Gasteiger partial charge is 0.493 e. The van der Waals surface area contributed by atoms with Crippen molar-refractivity contribution in [1.29, 1.82) is 5.26 Å². The summed E-state index contributed by atoms with van der Waals surface area (Å²) in [5, 5.41) is 8.29. The molecule has 0 heterocycles. The number of nitrogens with zero attached hydrogens (tertiary/aromatic N) is 1. The second-order valence-electron chi connectivity index (χ2n) is 3.47. The quantitative estimate of drug-likeness (QED) is 0.718. The van der Waals surface area contributed by atoms with Crippen LogP contribution in [0, 0.1) is 11.3 Å². The van der Waals surface area contributed by atoms with E-state index in [1.54, 1.807) is 26.4 Å². The summed E-state index contributed by atoms with van der Waals surface area (Å²) in [6, 6.07) is 7.23. The highest BCUT2D eigenvalue weighted by molar-refractivity contribution is 5.70. The van der Waals surface area contributed by atoms with Gasteiger partial charge in [0.1, 0.15) is 6.07 Å². The van der Waals surface area contributed by atoms with E-state index in [-0.39, 0.29) is 13.0 Å². The molecule has 0 N–H and O–H groups in total. The van der Waals surface area contributed by atoms with Gasteiger partial charge in [-0.2, -0.15) is 5.26 Å². The molecule has 5 nitrogen and oxygen atoms in total.